The molecule has 1 aromatic carbocycles. The number of nitrogens with zero attached hydrogens (tertiary/aromatic N) is 2. The maximum atomic E-state index is 12.1. The molecule has 1 unspecified atom stereocenters. The summed E-state index contributed by atoms with van der Waals surface area (Å²) in [4.78, 5) is 21.5. The van der Waals surface area contributed by atoms with Crippen LogP contribution in [0.15, 0.2) is 35.7 Å². The summed E-state index contributed by atoms with van der Waals surface area (Å²) in [5.41, 5.74) is 1.53. The van der Waals surface area contributed by atoms with Crippen LogP contribution >= 0.6 is 11.3 Å². The van der Waals surface area contributed by atoms with E-state index in [9.17, 15) is 9.90 Å². The molecule has 1 fully saturated rings. The first-order valence-corrected chi connectivity index (χ1v) is 7.21. The fraction of sp³-hybridized carbons (Fsp3) is 0.286. The second-order valence-electron chi connectivity index (χ2n) is 4.60. The average molecular weight is 290 g/mol. The normalized spacial score (nSPS) is 18.4. The van der Waals surface area contributed by atoms with Crippen molar-refractivity contribution in [2.24, 2.45) is 0 Å². The fourth-order valence-corrected chi connectivity index (χ4v) is 2.81. The predicted molar refractivity (Wildman–Crippen MR) is 74.4 cm³/mol. The number of rotatable bonds is 3. The Balaban J connectivity index is 1.69. The first kappa shape index (κ1) is 13.2. The van der Waals surface area contributed by atoms with Gasteiger partial charge in [-0.25, -0.2) is 10.0 Å². The molecular weight excluding hydrogens is 276 g/mol. The number of carbonyl (C=O) groups is 1. The molecule has 1 aromatic heterocycles. The van der Waals surface area contributed by atoms with Crippen LogP contribution < -0.4 is 0 Å². The Hall–Kier alpha value is -1.76. The van der Waals surface area contributed by atoms with Gasteiger partial charge >= 0.3 is 0 Å². The van der Waals surface area contributed by atoms with Gasteiger partial charge in [-0.1, -0.05) is 30.3 Å². The quantitative estimate of drug-likeness (QED) is 0.930. The highest BCUT2D eigenvalue weighted by molar-refractivity contribution is 7.09. The molecule has 1 aliphatic heterocycles. The summed E-state index contributed by atoms with van der Waals surface area (Å²) in [7, 11) is 0. The van der Waals surface area contributed by atoms with Gasteiger partial charge in [-0.2, -0.15) is 0 Å². The van der Waals surface area contributed by atoms with E-state index < -0.39 is 6.10 Å². The van der Waals surface area contributed by atoms with Crippen molar-refractivity contribution in [3.8, 4) is 0 Å². The number of benzene rings is 1. The Labute approximate surface area is 120 Å². The maximum absolute atomic E-state index is 12.1. The highest BCUT2D eigenvalue weighted by Gasteiger charge is 2.28. The number of thiazole rings is 1. The van der Waals surface area contributed by atoms with Crippen molar-refractivity contribution in [3.63, 3.8) is 0 Å². The average Bonchev–Trinajstić information content (AvgIpc) is 3.08. The van der Waals surface area contributed by atoms with E-state index in [2.05, 4.69) is 4.98 Å². The Morgan fingerprint density at radius 1 is 1.45 bits per heavy atom. The highest BCUT2D eigenvalue weighted by atomic mass is 32.1. The van der Waals surface area contributed by atoms with Gasteiger partial charge in [0.1, 0.15) is 18.4 Å². The highest BCUT2D eigenvalue weighted by Crippen LogP contribution is 2.17. The van der Waals surface area contributed by atoms with Crippen molar-refractivity contribution >= 4 is 17.2 Å². The lowest BCUT2D eigenvalue weighted by atomic mass is 10.2. The minimum Gasteiger partial charge on any atom is -0.389 e. The van der Waals surface area contributed by atoms with Crippen LogP contribution in [-0.2, 0) is 11.3 Å². The zero-order chi connectivity index (χ0) is 13.9. The van der Waals surface area contributed by atoms with Crippen LogP contribution in [0.25, 0.3) is 0 Å². The van der Waals surface area contributed by atoms with E-state index >= 15 is 0 Å². The summed E-state index contributed by atoms with van der Waals surface area (Å²) in [5, 5.41) is 13.2. The molecule has 3 rings (SSSR count). The van der Waals surface area contributed by atoms with E-state index in [-0.39, 0.29) is 19.1 Å². The minimum absolute atomic E-state index is 0.159. The second kappa shape index (κ2) is 5.70. The zero-order valence-corrected chi connectivity index (χ0v) is 11.5. The summed E-state index contributed by atoms with van der Waals surface area (Å²) in [5.74, 6) is -0.294. The number of β-amino-alcohol motifs (C(OH)–C–C–N with tert-alkyl or cyclic N) is 1. The van der Waals surface area contributed by atoms with E-state index in [1.165, 1.54) is 16.4 Å². The van der Waals surface area contributed by atoms with E-state index in [1.54, 1.807) is 5.38 Å². The Morgan fingerprint density at radius 3 is 2.95 bits per heavy atom. The van der Waals surface area contributed by atoms with E-state index in [0.717, 1.165) is 10.6 Å². The first-order valence-electron chi connectivity index (χ1n) is 6.33. The molecule has 104 valence electrons. The van der Waals surface area contributed by atoms with Gasteiger partial charge in [0.05, 0.1) is 11.6 Å². The van der Waals surface area contributed by atoms with Gasteiger partial charge in [0.15, 0.2) is 0 Å². The number of aliphatic hydroxyl groups is 1. The molecule has 1 aliphatic rings. The molecule has 0 bridgehead atoms. The number of carbonyl (C=O) groups excluding carboxylic acids is 1. The standard InChI is InChI=1S/C14H14N2O3S/c17-11-7-16(19-8-11)14(18)12-9-20-13(15-12)6-10-4-2-1-3-5-10/h1-5,9,11,17H,6-8H2. The summed E-state index contributed by atoms with van der Waals surface area (Å²) in [6.07, 6.45) is 0.101. The minimum atomic E-state index is -0.610. The van der Waals surface area contributed by atoms with Crippen molar-refractivity contribution in [1.29, 1.82) is 0 Å². The summed E-state index contributed by atoms with van der Waals surface area (Å²) in [6.45, 7) is 0.358. The second-order valence-corrected chi connectivity index (χ2v) is 5.55. The van der Waals surface area contributed by atoms with Crippen LogP contribution in [-0.4, -0.2) is 40.3 Å². The molecule has 1 amide bonds. The van der Waals surface area contributed by atoms with Crippen molar-refractivity contribution in [2.75, 3.05) is 13.2 Å². The third kappa shape index (κ3) is 2.87. The molecule has 5 nitrogen and oxygen atoms in total. The molecule has 2 aromatic rings. The van der Waals surface area contributed by atoms with Crippen LogP contribution in [0.5, 0.6) is 0 Å². The van der Waals surface area contributed by atoms with Crippen molar-refractivity contribution in [3.05, 3.63) is 52.0 Å². The number of amides is 1. The van der Waals surface area contributed by atoms with E-state index in [4.69, 9.17) is 4.84 Å². The number of aromatic nitrogens is 1. The maximum Gasteiger partial charge on any atom is 0.296 e. The Morgan fingerprint density at radius 2 is 2.25 bits per heavy atom. The smallest absolute Gasteiger partial charge is 0.296 e. The molecule has 20 heavy (non-hydrogen) atoms. The lowest BCUT2D eigenvalue weighted by Crippen LogP contribution is -2.28. The van der Waals surface area contributed by atoms with Gasteiger partial charge in [0, 0.05) is 11.8 Å². The van der Waals surface area contributed by atoms with Crippen molar-refractivity contribution in [2.45, 2.75) is 12.5 Å². The molecular formula is C14H14N2O3S. The zero-order valence-electron chi connectivity index (χ0n) is 10.7. The van der Waals surface area contributed by atoms with Crippen LogP contribution in [0.2, 0.25) is 0 Å². The van der Waals surface area contributed by atoms with Gasteiger partial charge in [0.25, 0.3) is 5.91 Å². The van der Waals surface area contributed by atoms with Gasteiger partial charge in [-0.3, -0.25) is 9.63 Å². The topological polar surface area (TPSA) is 62.7 Å². The third-order valence-corrected chi connectivity index (χ3v) is 3.84. The predicted octanol–water partition coefficient (Wildman–Crippen LogP) is 1.48. The molecule has 1 saturated heterocycles. The van der Waals surface area contributed by atoms with E-state index in [0.29, 0.717) is 12.1 Å². The lowest BCUT2D eigenvalue weighted by molar-refractivity contribution is -0.0782. The molecule has 2 heterocycles. The van der Waals surface area contributed by atoms with Crippen LogP contribution in [0.1, 0.15) is 21.1 Å². The monoisotopic (exact) mass is 290 g/mol. The first-order chi connectivity index (χ1) is 9.72. The molecule has 6 heteroatoms. The molecule has 0 saturated carbocycles. The fourth-order valence-electron chi connectivity index (χ4n) is 2.00. The van der Waals surface area contributed by atoms with Crippen molar-refractivity contribution < 1.29 is 14.7 Å². The number of hydrogen-bond acceptors (Lipinski definition) is 5. The van der Waals surface area contributed by atoms with Crippen LogP contribution in [0.4, 0.5) is 0 Å². The van der Waals surface area contributed by atoms with E-state index in [1.807, 2.05) is 30.3 Å². The van der Waals surface area contributed by atoms with Gasteiger partial charge in [-0.05, 0) is 5.56 Å². The summed E-state index contributed by atoms with van der Waals surface area (Å²) < 4.78 is 0. The molecule has 1 atom stereocenters. The number of aliphatic hydroxyl groups excluding tert-OH is 1. The largest absolute Gasteiger partial charge is 0.389 e. The molecule has 0 spiro atoms. The third-order valence-electron chi connectivity index (χ3n) is 2.99. The van der Waals surface area contributed by atoms with Gasteiger partial charge < -0.3 is 5.11 Å². The van der Waals surface area contributed by atoms with Crippen LogP contribution in [0.3, 0.4) is 0 Å². The molecule has 1 N–H and O–H groups in total. The molecule has 0 radical (unpaired) electrons. The van der Waals surface area contributed by atoms with Crippen molar-refractivity contribution in [1.82, 2.24) is 10.0 Å². The number of hydrogen-bond donors (Lipinski definition) is 1. The summed E-state index contributed by atoms with van der Waals surface area (Å²) >= 11 is 1.46. The SMILES string of the molecule is O=C(c1csc(Cc2ccccc2)n1)N1CC(O)CO1. The lowest BCUT2D eigenvalue weighted by Gasteiger charge is -2.11. The van der Waals surface area contributed by atoms with Gasteiger partial charge in [0.2, 0.25) is 0 Å². The van der Waals surface area contributed by atoms with Gasteiger partial charge in [-0.15, -0.1) is 11.3 Å². The Kier molecular flexibility index (Phi) is 3.77. The van der Waals surface area contributed by atoms with Crippen LogP contribution in [0, 0.1) is 0 Å². The summed E-state index contributed by atoms with van der Waals surface area (Å²) in [6, 6.07) is 9.99. The molecule has 0 aliphatic carbocycles. The number of hydroxylamine groups is 2. The Bertz CT molecular complexity index is 599.